The van der Waals surface area contributed by atoms with Crippen molar-refractivity contribution in [3.05, 3.63) is 11.3 Å². The molecule has 102 valence electrons. The van der Waals surface area contributed by atoms with Crippen LogP contribution < -0.4 is 5.32 Å². The zero-order valence-electron chi connectivity index (χ0n) is 10.4. The Morgan fingerprint density at radius 1 is 1.53 bits per heavy atom. The van der Waals surface area contributed by atoms with Gasteiger partial charge in [-0.3, -0.25) is 14.5 Å². The minimum absolute atomic E-state index is 0.0228. The highest BCUT2D eigenvalue weighted by atomic mass is 16.5. The molecule has 3 heterocycles. The Hall–Kier alpha value is -1.89. The van der Waals surface area contributed by atoms with Crippen molar-refractivity contribution in [1.29, 1.82) is 0 Å². The Kier molecular flexibility index (Phi) is 2.60. The summed E-state index contributed by atoms with van der Waals surface area (Å²) in [6, 6.07) is -0.449. The molecule has 19 heavy (non-hydrogen) atoms. The Morgan fingerprint density at radius 3 is 2.89 bits per heavy atom. The van der Waals surface area contributed by atoms with Gasteiger partial charge in [0.25, 0.3) is 0 Å². The summed E-state index contributed by atoms with van der Waals surface area (Å²) < 4.78 is 4.61. The first-order valence-corrected chi connectivity index (χ1v) is 6.16. The van der Waals surface area contributed by atoms with Gasteiger partial charge in [-0.1, -0.05) is 0 Å². The molecule has 0 radical (unpaired) electrons. The number of β-lactam (4-membered cyclic amide) rings is 1. The SMILES string of the molecule is COC(=O)CC1=C(C(=O)O)N2C(=O)[C@H]3NCCC1[C@H]32. The molecule has 1 unspecified atom stereocenters. The topological polar surface area (TPSA) is 95.9 Å². The van der Waals surface area contributed by atoms with Crippen molar-refractivity contribution in [3.8, 4) is 0 Å². The molecule has 0 aliphatic carbocycles. The fourth-order valence-corrected chi connectivity index (χ4v) is 3.35. The van der Waals surface area contributed by atoms with Crippen LogP contribution >= 0.6 is 0 Å². The number of aliphatic carboxylic acids is 1. The van der Waals surface area contributed by atoms with E-state index in [9.17, 15) is 19.5 Å². The maximum Gasteiger partial charge on any atom is 0.352 e. The molecule has 2 fully saturated rings. The zero-order chi connectivity index (χ0) is 13.7. The number of methoxy groups -OCH3 is 1. The lowest BCUT2D eigenvalue weighted by Crippen LogP contribution is -2.71. The highest BCUT2D eigenvalue weighted by Gasteiger charge is 2.61. The van der Waals surface area contributed by atoms with Gasteiger partial charge in [-0.25, -0.2) is 4.79 Å². The molecular weight excluding hydrogens is 252 g/mol. The van der Waals surface area contributed by atoms with Gasteiger partial charge in [0.2, 0.25) is 5.91 Å². The van der Waals surface area contributed by atoms with Crippen LogP contribution in [0.2, 0.25) is 0 Å². The van der Waals surface area contributed by atoms with Crippen molar-refractivity contribution in [1.82, 2.24) is 10.2 Å². The van der Waals surface area contributed by atoms with Gasteiger partial charge in [-0.15, -0.1) is 0 Å². The molecule has 7 heteroatoms. The van der Waals surface area contributed by atoms with Crippen LogP contribution in [0.1, 0.15) is 12.8 Å². The van der Waals surface area contributed by atoms with Gasteiger partial charge in [-0.05, 0) is 18.5 Å². The highest BCUT2D eigenvalue weighted by molar-refractivity contribution is 6.02. The van der Waals surface area contributed by atoms with Crippen LogP contribution in [0.25, 0.3) is 0 Å². The highest BCUT2D eigenvalue weighted by Crippen LogP contribution is 2.47. The Labute approximate surface area is 109 Å². The van der Waals surface area contributed by atoms with Crippen molar-refractivity contribution in [2.75, 3.05) is 13.7 Å². The van der Waals surface area contributed by atoms with Crippen LogP contribution in [-0.2, 0) is 19.1 Å². The number of piperidine rings is 1. The molecule has 3 aliphatic heterocycles. The van der Waals surface area contributed by atoms with Crippen LogP contribution in [0.15, 0.2) is 11.3 Å². The van der Waals surface area contributed by atoms with E-state index in [-0.39, 0.29) is 36.0 Å². The van der Waals surface area contributed by atoms with Gasteiger partial charge in [0.15, 0.2) is 0 Å². The molecule has 0 aromatic heterocycles. The van der Waals surface area contributed by atoms with Crippen LogP contribution in [0.4, 0.5) is 0 Å². The summed E-state index contributed by atoms with van der Waals surface area (Å²) in [7, 11) is 1.27. The molecule has 0 spiro atoms. The van der Waals surface area contributed by atoms with E-state index in [1.807, 2.05) is 0 Å². The number of hydrogen-bond acceptors (Lipinski definition) is 5. The molecule has 1 amide bonds. The predicted molar refractivity (Wildman–Crippen MR) is 61.8 cm³/mol. The molecule has 2 saturated heterocycles. The minimum Gasteiger partial charge on any atom is -0.477 e. The summed E-state index contributed by atoms with van der Waals surface area (Å²) >= 11 is 0. The van der Waals surface area contributed by atoms with Crippen molar-refractivity contribution in [2.45, 2.75) is 24.9 Å². The quantitative estimate of drug-likeness (QED) is 0.507. The maximum atomic E-state index is 11.9. The lowest BCUT2D eigenvalue weighted by atomic mass is 9.79. The monoisotopic (exact) mass is 266 g/mol. The fraction of sp³-hybridized carbons (Fsp3) is 0.583. The zero-order valence-corrected chi connectivity index (χ0v) is 10.4. The van der Waals surface area contributed by atoms with Crippen LogP contribution in [0.5, 0.6) is 0 Å². The third-order valence-corrected chi connectivity index (χ3v) is 4.13. The van der Waals surface area contributed by atoms with Crippen molar-refractivity contribution in [3.63, 3.8) is 0 Å². The van der Waals surface area contributed by atoms with Crippen molar-refractivity contribution < 1.29 is 24.2 Å². The molecular formula is C12H14N2O5. The largest absolute Gasteiger partial charge is 0.477 e. The first-order chi connectivity index (χ1) is 9.06. The summed E-state index contributed by atoms with van der Waals surface area (Å²) in [6.45, 7) is 0.656. The standard InChI is InChI=1S/C12H14N2O5/c1-19-7(15)4-6-5-2-3-13-8-9(5)14(11(8)16)10(6)12(17)18/h5,8-9,13H,2-4H2,1H3,(H,17,18)/t5?,8-,9+/m0/s1. The second-order valence-electron chi connectivity index (χ2n) is 4.96. The number of nitrogens with zero attached hydrogens (tertiary/aromatic N) is 1. The number of ether oxygens (including phenoxy) is 1. The molecule has 0 bridgehead atoms. The molecule has 3 aliphatic rings. The van der Waals surface area contributed by atoms with Gasteiger partial charge in [-0.2, -0.15) is 0 Å². The Bertz CT molecular complexity index is 512. The Morgan fingerprint density at radius 2 is 2.26 bits per heavy atom. The summed E-state index contributed by atoms with van der Waals surface area (Å²) in [6.07, 6.45) is 0.670. The van der Waals surface area contributed by atoms with E-state index in [0.29, 0.717) is 12.1 Å². The molecule has 7 nitrogen and oxygen atoms in total. The summed E-state index contributed by atoms with van der Waals surface area (Å²) in [5, 5.41) is 12.4. The molecule has 0 aromatic rings. The lowest BCUT2D eigenvalue weighted by Gasteiger charge is -2.48. The van der Waals surface area contributed by atoms with E-state index in [1.54, 1.807) is 0 Å². The van der Waals surface area contributed by atoms with Gasteiger partial charge in [0.05, 0.1) is 19.6 Å². The van der Waals surface area contributed by atoms with Crippen molar-refractivity contribution in [2.24, 2.45) is 5.92 Å². The number of nitrogens with one attached hydrogen (secondary N) is 1. The lowest BCUT2D eigenvalue weighted by molar-refractivity contribution is -0.154. The maximum absolute atomic E-state index is 11.9. The summed E-state index contributed by atoms with van der Waals surface area (Å²) in [5.74, 6) is -1.89. The van der Waals surface area contributed by atoms with E-state index >= 15 is 0 Å². The predicted octanol–water partition coefficient (Wildman–Crippen LogP) is -0.909. The number of carboxylic acid groups (broad SMARTS) is 1. The third kappa shape index (κ3) is 1.51. The minimum atomic E-state index is -1.15. The van der Waals surface area contributed by atoms with E-state index in [4.69, 9.17) is 0 Å². The first kappa shape index (κ1) is 12.2. The molecule has 2 N–H and O–H groups in total. The van der Waals surface area contributed by atoms with Gasteiger partial charge < -0.3 is 15.2 Å². The van der Waals surface area contributed by atoms with Crippen LogP contribution in [0, 0.1) is 5.92 Å². The van der Waals surface area contributed by atoms with Gasteiger partial charge in [0.1, 0.15) is 11.7 Å². The van der Waals surface area contributed by atoms with Gasteiger partial charge >= 0.3 is 11.9 Å². The van der Waals surface area contributed by atoms with Crippen LogP contribution in [-0.4, -0.2) is 53.6 Å². The number of amides is 1. The number of carboxylic acids is 1. The number of carbonyl (C=O) groups is 3. The molecule has 0 aromatic carbocycles. The summed E-state index contributed by atoms with van der Waals surface area (Å²) in [4.78, 5) is 36.1. The first-order valence-electron chi connectivity index (χ1n) is 6.16. The Balaban J connectivity index is 2.00. The second kappa shape index (κ2) is 4.06. The van der Waals surface area contributed by atoms with E-state index < -0.39 is 11.9 Å². The average Bonchev–Trinajstić information content (AvgIpc) is 2.72. The number of esters is 1. The van der Waals surface area contributed by atoms with E-state index in [2.05, 4.69) is 10.1 Å². The third-order valence-electron chi connectivity index (χ3n) is 4.13. The number of hydrogen-bond donors (Lipinski definition) is 2. The summed E-state index contributed by atoms with van der Waals surface area (Å²) in [5.41, 5.74) is 0.507. The van der Waals surface area contributed by atoms with Crippen molar-refractivity contribution >= 4 is 17.8 Å². The number of carbonyl (C=O) groups excluding carboxylic acids is 2. The van der Waals surface area contributed by atoms with E-state index in [1.165, 1.54) is 12.0 Å². The van der Waals surface area contributed by atoms with Gasteiger partial charge in [0, 0.05) is 5.92 Å². The molecule has 3 rings (SSSR count). The van der Waals surface area contributed by atoms with Crippen LogP contribution in [0.3, 0.4) is 0 Å². The smallest absolute Gasteiger partial charge is 0.352 e. The average molecular weight is 266 g/mol. The normalized spacial score (nSPS) is 31.9. The van der Waals surface area contributed by atoms with E-state index in [0.717, 1.165) is 6.42 Å². The molecule has 3 atom stereocenters. The second-order valence-corrected chi connectivity index (χ2v) is 4.96. The fourth-order valence-electron chi connectivity index (χ4n) is 3.35. The molecule has 0 saturated carbocycles. The number of rotatable bonds is 3.